The van der Waals surface area contributed by atoms with E-state index < -0.39 is 5.97 Å². The molecule has 1 aromatic heterocycles. The lowest BCUT2D eigenvalue weighted by atomic mass is 10.3. The molecule has 1 amide bonds. The molecular weight excluding hydrogens is 248 g/mol. The Morgan fingerprint density at radius 3 is 2.53 bits per heavy atom. The molecule has 0 saturated carbocycles. The summed E-state index contributed by atoms with van der Waals surface area (Å²) in [5, 5.41) is 12.6. The van der Waals surface area contributed by atoms with Gasteiger partial charge < -0.3 is 14.9 Å². The highest BCUT2D eigenvalue weighted by atomic mass is 16.4. The summed E-state index contributed by atoms with van der Waals surface area (Å²) in [6, 6.07) is 1.39. The number of hydrogen-bond donors (Lipinski definition) is 1. The maximum absolute atomic E-state index is 12.0. The SMILES string of the molecule is CCN1CCN(C(=O)Cn2ccc(C(=O)O)n2)CC1. The molecule has 2 heterocycles. The van der Waals surface area contributed by atoms with Crippen LogP contribution in [-0.2, 0) is 11.3 Å². The number of amides is 1. The molecule has 1 aromatic rings. The van der Waals surface area contributed by atoms with Gasteiger partial charge in [0.05, 0.1) is 0 Å². The maximum Gasteiger partial charge on any atom is 0.356 e. The van der Waals surface area contributed by atoms with E-state index in [0.717, 1.165) is 32.7 Å². The summed E-state index contributed by atoms with van der Waals surface area (Å²) in [6.45, 7) is 6.43. The van der Waals surface area contributed by atoms with Gasteiger partial charge in [0.2, 0.25) is 5.91 Å². The summed E-state index contributed by atoms with van der Waals surface area (Å²) in [5.74, 6) is -1.10. The lowest BCUT2D eigenvalue weighted by molar-refractivity contribution is -0.133. The Balaban J connectivity index is 1.88. The van der Waals surface area contributed by atoms with Crippen LogP contribution in [0, 0.1) is 0 Å². The van der Waals surface area contributed by atoms with Crippen molar-refractivity contribution in [2.24, 2.45) is 0 Å². The summed E-state index contributed by atoms with van der Waals surface area (Å²) in [4.78, 5) is 26.8. The van der Waals surface area contributed by atoms with Gasteiger partial charge in [0.25, 0.3) is 0 Å². The van der Waals surface area contributed by atoms with Gasteiger partial charge >= 0.3 is 5.97 Å². The van der Waals surface area contributed by atoms with Crippen LogP contribution in [0.3, 0.4) is 0 Å². The van der Waals surface area contributed by atoms with Gasteiger partial charge in [0.1, 0.15) is 6.54 Å². The second-order valence-corrected chi connectivity index (χ2v) is 4.52. The molecule has 0 spiro atoms. The van der Waals surface area contributed by atoms with Gasteiger partial charge in [0, 0.05) is 32.4 Å². The van der Waals surface area contributed by atoms with Gasteiger partial charge in [-0.1, -0.05) is 6.92 Å². The molecule has 1 saturated heterocycles. The summed E-state index contributed by atoms with van der Waals surface area (Å²) >= 11 is 0. The lowest BCUT2D eigenvalue weighted by Gasteiger charge is -2.34. The number of nitrogens with zero attached hydrogens (tertiary/aromatic N) is 4. The van der Waals surface area contributed by atoms with E-state index in [1.165, 1.54) is 16.9 Å². The summed E-state index contributed by atoms with van der Waals surface area (Å²) < 4.78 is 1.37. The fourth-order valence-electron chi connectivity index (χ4n) is 2.12. The molecule has 1 N–H and O–H groups in total. The van der Waals surface area contributed by atoms with Crippen molar-refractivity contribution in [2.45, 2.75) is 13.5 Å². The third kappa shape index (κ3) is 3.31. The van der Waals surface area contributed by atoms with Gasteiger partial charge in [-0.15, -0.1) is 0 Å². The maximum atomic E-state index is 12.0. The number of aromatic carboxylic acids is 1. The van der Waals surface area contributed by atoms with Crippen LogP contribution in [0.2, 0.25) is 0 Å². The third-order valence-electron chi connectivity index (χ3n) is 3.33. The Morgan fingerprint density at radius 2 is 2.00 bits per heavy atom. The Labute approximate surface area is 111 Å². The quantitative estimate of drug-likeness (QED) is 0.812. The predicted molar refractivity (Wildman–Crippen MR) is 67.9 cm³/mol. The van der Waals surface area contributed by atoms with E-state index in [0.29, 0.717) is 0 Å². The van der Waals surface area contributed by atoms with Crippen molar-refractivity contribution in [3.05, 3.63) is 18.0 Å². The predicted octanol–water partition coefficient (Wildman–Crippen LogP) is -0.255. The number of piperazine rings is 1. The van der Waals surface area contributed by atoms with Crippen LogP contribution in [0.4, 0.5) is 0 Å². The first-order chi connectivity index (χ1) is 9.10. The molecule has 1 fully saturated rings. The molecule has 104 valence electrons. The van der Waals surface area contributed by atoms with Gasteiger partial charge in [0.15, 0.2) is 5.69 Å². The van der Waals surface area contributed by atoms with Gasteiger partial charge in [-0.3, -0.25) is 9.48 Å². The van der Waals surface area contributed by atoms with E-state index in [1.807, 2.05) is 0 Å². The molecule has 7 heteroatoms. The van der Waals surface area contributed by atoms with E-state index in [-0.39, 0.29) is 18.1 Å². The van der Waals surface area contributed by atoms with Gasteiger partial charge in [-0.2, -0.15) is 5.10 Å². The van der Waals surface area contributed by atoms with Crippen LogP contribution in [0.15, 0.2) is 12.3 Å². The first-order valence-corrected chi connectivity index (χ1v) is 6.37. The number of carbonyl (C=O) groups excluding carboxylic acids is 1. The molecule has 0 unspecified atom stereocenters. The van der Waals surface area contributed by atoms with E-state index in [2.05, 4.69) is 16.9 Å². The number of hydrogen-bond acceptors (Lipinski definition) is 4. The van der Waals surface area contributed by atoms with Crippen LogP contribution in [0.25, 0.3) is 0 Å². The molecule has 0 aliphatic carbocycles. The first-order valence-electron chi connectivity index (χ1n) is 6.37. The molecule has 0 radical (unpaired) electrons. The Bertz CT molecular complexity index is 463. The summed E-state index contributed by atoms with van der Waals surface area (Å²) in [5.41, 5.74) is -0.0383. The smallest absolute Gasteiger partial charge is 0.356 e. The second-order valence-electron chi connectivity index (χ2n) is 4.52. The lowest BCUT2D eigenvalue weighted by Crippen LogP contribution is -2.49. The molecule has 0 aromatic carbocycles. The highest BCUT2D eigenvalue weighted by Gasteiger charge is 2.20. The van der Waals surface area contributed by atoms with Crippen molar-refractivity contribution >= 4 is 11.9 Å². The van der Waals surface area contributed by atoms with E-state index in [4.69, 9.17) is 5.11 Å². The van der Waals surface area contributed by atoms with Crippen molar-refractivity contribution in [2.75, 3.05) is 32.7 Å². The average molecular weight is 266 g/mol. The molecular formula is C12H18N4O3. The largest absolute Gasteiger partial charge is 0.476 e. The Kier molecular flexibility index (Phi) is 4.16. The topological polar surface area (TPSA) is 78.7 Å². The summed E-state index contributed by atoms with van der Waals surface area (Å²) in [6.07, 6.45) is 1.52. The zero-order valence-electron chi connectivity index (χ0n) is 10.9. The fourth-order valence-corrected chi connectivity index (χ4v) is 2.12. The van der Waals surface area contributed by atoms with Crippen LogP contribution >= 0.6 is 0 Å². The Hall–Kier alpha value is -1.89. The van der Waals surface area contributed by atoms with Crippen molar-refractivity contribution in [3.63, 3.8) is 0 Å². The standard InChI is InChI=1S/C12H18N4O3/c1-2-14-5-7-15(8-6-14)11(17)9-16-4-3-10(13-16)12(18)19/h3-4H,2,5-9H2,1H3,(H,18,19). The minimum Gasteiger partial charge on any atom is -0.476 e. The van der Waals surface area contributed by atoms with E-state index >= 15 is 0 Å². The van der Waals surface area contributed by atoms with Crippen LogP contribution in [-0.4, -0.2) is 69.3 Å². The number of carbonyl (C=O) groups is 2. The molecule has 0 bridgehead atoms. The van der Waals surface area contributed by atoms with Crippen LogP contribution in [0.1, 0.15) is 17.4 Å². The van der Waals surface area contributed by atoms with Crippen LogP contribution < -0.4 is 0 Å². The molecule has 2 rings (SSSR count). The monoisotopic (exact) mass is 266 g/mol. The van der Waals surface area contributed by atoms with Crippen LogP contribution in [0.5, 0.6) is 0 Å². The first kappa shape index (κ1) is 13.5. The normalized spacial score (nSPS) is 16.6. The number of carboxylic acids is 1. The minimum atomic E-state index is -1.08. The minimum absolute atomic E-state index is 0.0178. The van der Waals surface area contributed by atoms with Gasteiger partial charge in [-0.25, -0.2) is 4.79 Å². The second kappa shape index (κ2) is 5.83. The molecule has 7 nitrogen and oxygen atoms in total. The molecule has 0 atom stereocenters. The fraction of sp³-hybridized carbons (Fsp3) is 0.583. The average Bonchev–Trinajstić information content (AvgIpc) is 2.87. The van der Waals surface area contributed by atoms with Gasteiger partial charge in [-0.05, 0) is 12.6 Å². The van der Waals surface area contributed by atoms with Crippen molar-refractivity contribution in [1.29, 1.82) is 0 Å². The molecule has 1 aliphatic rings. The zero-order valence-corrected chi connectivity index (χ0v) is 10.9. The third-order valence-corrected chi connectivity index (χ3v) is 3.33. The Morgan fingerprint density at radius 1 is 1.32 bits per heavy atom. The van der Waals surface area contributed by atoms with E-state index in [9.17, 15) is 9.59 Å². The number of carboxylic acid groups (broad SMARTS) is 1. The van der Waals surface area contributed by atoms with Crippen molar-refractivity contribution in [1.82, 2.24) is 19.6 Å². The van der Waals surface area contributed by atoms with Crippen molar-refractivity contribution in [3.8, 4) is 0 Å². The van der Waals surface area contributed by atoms with Crippen molar-refractivity contribution < 1.29 is 14.7 Å². The molecule has 1 aliphatic heterocycles. The number of aromatic nitrogens is 2. The number of likely N-dealkylation sites (N-methyl/N-ethyl adjacent to an activating group) is 1. The summed E-state index contributed by atoms with van der Waals surface area (Å²) in [7, 11) is 0. The highest BCUT2D eigenvalue weighted by molar-refractivity contribution is 5.85. The zero-order chi connectivity index (χ0) is 13.8. The van der Waals surface area contributed by atoms with E-state index in [1.54, 1.807) is 4.90 Å². The number of rotatable bonds is 4. The molecule has 19 heavy (non-hydrogen) atoms. The highest BCUT2D eigenvalue weighted by Crippen LogP contribution is 2.03.